The molecule has 2 heterocycles. The molecule has 5 saturated carbocycles. The Kier molecular flexibility index (Phi) is 14.0. The number of carbonyl (C=O) groups is 6. The third kappa shape index (κ3) is 8.32. The third-order valence-corrected chi connectivity index (χ3v) is 16.5. The second kappa shape index (κ2) is 18.3. The number of aliphatic carboxylic acids is 2. The van der Waals surface area contributed by atoms with Gasteiger partial charge in [-0.1, -0.05) is 84.8 Å². The van der Waals surface area contributed by atoms with E-state index in [1.807, 2.05) is 6.92 Å². The van der Waals surface area contributed by atoms with Gasteiger partial charge >= 0.3 is 35.8 Å². The summed E-state index contributed by atoms with van der Waals surface area (Å²) in [5, 5.41) is 19.6. The van der Waals surface area contributed by atoms with Crippen molar-refractivity contribution >= 4 is 35.8 Å². The molecule has 13 unspecified atom stereocenters. The smallest absolute Gasteiger partial charge is 0.318 e. The van der Waals surface area contributed by atoms with Crippen molar-refractivity contribution in [2.24, 2.45) is 75.4 Å². The van der Waals surface area contributed by atoms with Gasteiger partial charge in [0.1, 0.15) is 0 Å². The van der Waals surface area contributed by atoms with Gasteiger partial charge in [-0.25, -0.2) is 0 Å². The first-order valence-corrected chi connectivity index (χ1v) is 22.8. The van der Waals surface area contributed by atoms with Crippen molar-refractivity contribution in [3.8, 4) is 0 Å². The highest BCUT2D eigenvalue weighted by Gasteiger charge is 2.78. The molecule has 11 nitrogen and oxygen atoms in total. The van der Waals surface area contributed by atoms with Crippen molar-refractivity contribution in [1.29, 1.82) is 0 Å². The molecule has 7 aliphatic rings. The lowest BCUT2D eigenvalue weighted by atomic mass is 9.31. The second-order valence-corrected chi connectivity index (χ2v) is 20.0. The maximum atomic E-state index is 14.0. The van der Waals surface area contributed by atoms with Crippen LogP contribution in [-0.4, -0.2) is 58.7 Å². The topological polar surface area (TPSA) is 171 Å². The Morgan fingerprint density at radius 3 is 2.31 bits per heavy atom. The quantitative estimate of drug-likeness (QED) is 0.0491. The Bertz CT molecular complexity index is 1590. The number of carboxylic acid groups (broad SMARTS) is 2. The SMILES string of the molecule is CCCCC/C=C/C(COC1C(C(C)C)C2CC3C4(C)CCCC(C)(C(=O)O)C4CCC13C1C(=O)OC(=O)C21)CC(CCCCCCCC(=O)O)C1CC(=O)OC1=O. The first kappa shape index (κ1) is 44.5. The normalized spacial score (nSPS) is 37.7. The Morgan fingerprint density at radius 2 is 1.64 bits per heavy atom. The number of hydrogen-bond donors (Lipinski definition) is 2. The van der Waals surface area contributed by atoms with E-state index in [-0.39, 0.29) is 65.8 Å². The number of rotatable bonds is 21. The van der Waals surface area contributed by atoms with Crippen molar-refractivity contribution in [1.82, 2.24) is 0 Å². The zero-order valence-corrected chi connectivity index (χ0v) is 35.7. The number of allylic oxidation sites excluding steroid dienone is 1. The summed E-state index contributed by atoms with van der Waals surface area (Å²) in [6, 6.07) is 0. The summed E-state index contributed by atoms with van der Waals surface area (Å²) in [5.41, 5.74) is -1.90. The lowest BCUT2D eigenvalue weighted by Gasteiger charge is -2.72. The first-order chi connectivity index (χ1) is 27.6. The van der Waals surface area contributed by atoms with Gasteiger partial charge < -0.3 is 24.4 Å². The monoisotopic (exact) mass is 810 g/mol. The minimum Gasteiger partial charge on any atom is -0.481 e. The summed E-state index contributed by atoms with van der Waals surface area (Å²) in [5.74, 6) is -5.25. The Hall–Kier alpha value is -3.08. The minimum absolute atomic E-state index is 0.000845. The molecule has 1 spiro atoms. The van der Waals surface area contributed by atoms with Crippen molar-refractivity contribution in [2.75, 3.05) is 6.61 Å². The fourth-order valence-corrected chi connectivity index (χ4v) is 14.0. The van der Waals surface area contributed by atoms with E-state index >= 15 is 0 Å². The van der Waals surface area contributed by atoms with Crippen LogP contribution in [0, 0.1) is 75.4 Å². The Morgan fingerprint density at radius 1 is 0.897 bits per heavy atom. The zero-order chi connectivity index (χ0) is 42.0. The van der Waals surface area contributed by atoms with E-state index in [9.17, 15) is 33.9 Å². The van der Waals surface area contributed by atoms with Crippen LogP contribution < -0.4 is 0 Å². The van der Waals surface area contributed by atoms with E-state index in [0.29, 0.717) is 38.7 Å². The molecule has 13 atom stereocenters. The summed E-state index contributed by atoms with van der Waals surface area (Å²) in [6.45, 7) is 11.1. The van der Waals surface area contributed by atoms with E-state index in [0.717, 1.165) is 77.0 Å². The van der Waals surface area contributed by atoms with Crippen LogP contribution in [0.3, 0.4) is 0 Å². The second-order valence-electron chi connectivity index (χ2n) is 20.0. The Balaban J connectivity index is 1.31. The van der Waals surface area contributed by atoms with E-state index < -0.39 is 64.4 Å². The third-order valence-electron chi connectivity index (χ3n) is 16.5. The minimum atomic E-state index is -0.867. The number of fused-ring (bicyclic) bond motifs is 2. The molecule has 11 heteroatoms. The lowest BCUT2D eigenvalue weighted by Crippen LogP contribution is -2.73. The first-order valence-electron chi connectivity index (χ1n) is 22.8. The summed E-state index contributed by atoms with van der Waals surface area (Å²) >= 11 is 0. The average molecular weight is 811 g/mol. The van der Waals surface area contributed by atoms with Gasteiger partial charge in [0, 0.05) is 17.8 Å². The summed E-state index contributed by atoms with van der Waals surface area (Å²) in [7, 11) is 0. The molecule has 2 aliphatic heterocycles. The fraction of sp³-hybridized carbons (Fsp3) is 0.830. The van der Waals surface area contributed by atoms with E-state index in [4.69, 9.17) is 19.3 Å². The molecule has 324 valence electrons. The summed E-state index contributed by atoms with van der Waals surface area (Å²) < 4.78 is 18.0. The molecule has 7 fully saturated rings. The lowest BCUT2D eigenvalue weighted by molar-refractivity contribution is -0.289. The van der Waals surface area contributed by atoms with E-state index in [1.54, 1.807) is 0 Å². The van der Waals surface area contributed by atoms with Crippen molar-refractivity contribution in [2.45, 2.75) is 163 Å². The van der Waals surface area contributed by atoms with Gasteiger partial charge in [-0.05, 0) is 112 Å². The molecular weight excluding hydrogens is 741 g/mol. The van der Waals surface area contributed by atoms with Gasteiger partial charge in [0.25, 0.3) is 0 Å². The molecular formula is C47H70O11. The molecule has 0 aromatic rings. The molecule has 2 N–H and O–H groups in total. The summed E-state index contributed by atoms with van der Waals surface area (Å²) in [4.78, 5) is 77.0. The van der Waals surface area contributed by atoms with Crippen LogP contribution in [0.2, 0.25) is 0 Å². The number of esters is 4. The zero-order valence-electron chi connectivity index (χ0n) is 35.7. The highest BCUT2D eigenvalue weighted by atomic mass is 16.6. The fourth-order valence-electron chi connectivity index (χ4n) is 14.0. The maximum Gasteiger partial charge on any atom is 0.318 e. The Labute approximate surface area is 345 Å². The van der Waals surface area contributed by atoms with Crippen molar-refractivity contribution in [3.63, 3.8) is 0 Å². The average Bonchev–Trinajstić information content (AvgIpc) is 3.67. The number of cyclic esters (lactones) is 4. The van der Waals surface area contributed by atoms with Crippen LogP contribution >= 0.6 is 0 Å². The highest BCUT2D eigenvalue weighted by molar-refractivity contribution is 5.98. The number of carboxylic acids is 2. The van der Waals surface area contributed by atoms with Gasteiger partial charge in [-0.15, -0.1) is 0 Å². The van der Waals surface area contributed by atoms with Crippen LogP contribution in [0.1, 0.15) is 157 Å². The standard InChI is InChI=1S/C47H70O11/c1-6-7-8-10-13-17-29(24-30(31-26-36(50)57-41(31)51)18-14-11-9-12-15-19-35(48)49)27-56-40-37(28(2)3)32-25-34-45(4)21-16-22-46(5,44(54)55)33(45)20-23-47(34,40)39-38(32)42(52)58-43(39)53/h13,17,28-34,37-40H,6-12,14-16,18-27H2,1-5H3,(H,48,49)(H,54,55)/b17-13+. The molecule has 5 aliphatic carbocycles. The largest absolute Gasteiger partial charge is 0.481 e. The number of carbonyl (C=O) groups excluding carboxylic acids is 4. The molecule has 2 saturated heterocycles. The molecule has 0 amide bonds. The van der Waals surface area contributed by atoms with Crippen LogP contribution in [0.4, 0.5) is 0 Å². The van der Waals surface area contributed by atoms with Crippen LogP contribution in [0.5, 0.6) is 0 Å². The summed E-state index contributed by atoms with van der Waals surface area (Å²) in [6.07, 6.45) is 18.3. The molecule has 58 heavy (non-hydrogen) atoms. The van der Waals surface area contributed by atoms with Crippen molar-refractivity contribution in [3.05, 3.63) is 12.2 Å². The van der Waals surface area contributed by atoms with Gasteiger partial charge in [0.05, 0.1) is 42.3 Å². The van der Waals surface area contributed by atoms with Crippen LogP contribution in [-0.2, 0) is 43.0 Å². The predicted octanol–water partition coefficient (Wildman–Crippen LogP) is 8.95. The van der Waals surface area contributed by atoms with Crippen LogP contribution in [0.15, 0.2) is 12.2 Å². The number of hydrogen-bond acceptors (Lipinski definition) is 9. The van der Waals surface area contributed by atoms with Gasteiger partial charge in [0.2, 0.25) is 0 Å². The number of unbranched alkanes of at least 4 members (excludes halogenated alkanes) is 7. The van der Waals surface area contributed by atoms with Gasteiger partial charge in [-0.3, -0.25) is 28.8 Å². The van der Waals surface area contributed by atoms with Gasteiger partial charge in [-0.2, -0.15) is 0 Å². The molecule has 0 radical (unpaired) electrons. The molecule has 7 rings (SSSR count). The van der Waals surface area contributed by atoms with Gasteiger partial charge in [0.15, 0.2) is 0 Å². The highest BCUT2D eigenvalue weighted by Crippen LogP contribution is 2.76. The van der Waals surface area contributed by atoms with E-state index in [2.05, 4.69) is 39.8 Å². The maximum absolute atomic E-state index is 14.0. The number of ether oxygens (including phenoxy) is 3. The molecule has 2 bridgehead atoms. The van der Waals surface area contributed by atoms with E-state index in [1.165, 1.54) is 0 Å². The predicted molar refractivity (Wildman–Crippen MR) is 215 cm³/mol. The molecule has 0 aromatic carbocycles. The van der Waals surface area contributed by atoms with Crippen molar-refractivity contribution < 1.29 is 53.2 Å². The molecule has 0 aromatic heterocycles. The van der Waals surface area contributed by atoms with Crippen LogP contribution in [0.25, 0.3) is 0 Å².